The van der Waals surface area contributed by atoms with Crippen molar-refractivity contribution < 1.29 is 14.3 Å². The van der Waals surface area contributed by atoms with Crippen LogP contribution in [0, 0.1) is 12.8 Å². The van der Waals surface area contributed by atoms with Crippen LogP contribution in [-0.2, 0) is 9.53 Å². The van der Waals surface area contributed by atoms with Crippen LogP contribution in [0.1, 0.15) is 21.7 Å². The number of fused-ring (bicyclic) bond motifs is 1. The van der Waals surface area contributed by atoms with Crippen LogP contribution in [0.3, 0.4) is 0 Å². The molecule has 0 N–H and O–H groups in total. The molecule has 0 aliphatic carbocycles. The summed E-state index contributed by atoms with van der Waals surface area (Å²) in [7, 11) is 0. The molecule has 4 rings (SSSR count). The van der Waals surface area contributed by atoms with Gasteiger partial charge in [0.25, 0.3) is 5.91 Å². The van der Waals surface area contributed by atoms with E-state index in [1.165, 1.54) is 11.3 Å². The number of anilines is 1. The van der Waals surface area contributed by atoms with Gasteiger partial charge in [-0.1, -0.05) is 18.2 Å². The topological polar surface area (TPSA) is 49.9 Å². The highest BCUT2D eigenvalue weighted by atomic mass is 32.1. The quantitative estimate of drug-likeness (QED) is 0.817. The molecular weight excluding hydrogens is 348 g/mol. The lowest BCUT2D eigenvalue weighted by molar-refractivity contribution is -0.127. The molecule has 2 fully saturated rings. The Morgan fingerprint density at radius 2 is 2.04 bits per heavy atom. The molecule has 1 aromatic carbocycles. The molecule has 2 saturated heterocycles. The summed E-state index contributed by atoms with van der Waals surface area (Å²) in [5.41, 5.74) is 2.02. The summed E-state index contributed by atoms with van der Waals surface area (Å²) < 4.78 is 6.00. The molecular formula is C20H22N2O3S. The van der Waals surface area contributed by atoms with Gasteiger partial charge in [0.15, 0.2) is 0 Å². The third kappa shape index (κ3) is 3.27. The number of rotatable bonds is 2. The number of hydrogen-bond acceptors (Lipinski definition) is 4. The number of nitrogens with zero attached hydrogens (tertiary/aromatic N) is 2. The van der Waals surface area contributed by atoms with E-state index in [-0.39, 0.29) is 23.8 Å². The first-order chi connectivity index (χ1) is 12.6. The molecule has 0 radical (unpaired) electrons. The molecule has 1 aromatic heterocycles. The van der Waals surface area contributed by atoms with Crippen LogP contribution in [-0.4, -0.2) is 49.1 Å². The van der Waals surface area contributed by atoms with Crippen LogP contribution in [0.25, 0.3) is 0 Å². The molecule has 3 heterocycles. The Balaban J connectivity index is 1.49. The van der Waals surface area contributed by atoms with Gasteiger partial charge in [-0.05, 0) is 42.5 Å². The monoisotopic (exact) mass is 370 g/mol. The van der Waals surface area contributed by atoms with E-state index in [4.69, 9.17) is 4.74 Å². The second-order valence-corrected chi connectivity index (χ2v) is 7.78. The van der Waals surface area contributed by atoms with Crippen molar-refractivity contribution in [3.05, 3.63) is 52.2 Å². The highest BCUT2D eigenvalue weighted by molar-refractivity contribution is 7.12. The predicted octanol–water partition coefficient (Wildman–Crippen LogP) is 2.95. The predicted molar refractivity (Wildman–Crippen MR) is 102 cm³/mol. The number of ether oxygens (including phenoxy) is 1. The second kappa shape index (κ2) is 7.21. The number of carbonyl (C=O) groups excluding carboxylic acids is 2. The van der Waals surface area contributed by atoms with E-state index in [2.05, 4.69) is 0 Å². The minimum Gasteiger partial charge on any atom is -0.374 e. The van der Waals surface area contributed by atoms with Crippen molar-refractivity contribution in [1.29, 1.82) is 0 Å². The summed E-state index contributed by atoms with van der Waals surface area (Å²) in [6, 6.07) is 11.7. The van der Waals surface area contributed by atoms with E-state index in [1.807, 2.05) is 58.5 Å². The zero-order valence-electron chi connectivity index (χ0n) is 14.8. The molecule has 6 heteroatoms. The van der Waals surface area contributed by atoms with Crippen LogP contribution >= 0.6 is 11.3 Å². The Kier molecular flexibility index (Phi) is 4.78. The molecule has 2 aliphatic rings. The fourth-order valence-electron chi connectivity index (χ4n) is 3.72. The Hall–Kier alpha value is -2.18. The van der Waals surface area contributed by atoms with Crippen LogP contribution in [0.2, 0.25) is 0 Å². The Morgan fingerprint density at radius 1 is 1.23 bits per heavy atom. The number of likely N-dealkylation sites (tertiary alicyclic amines) is 1. The zero-order chi connectivity index (χ0) is 18.1. The van der Waals surface area contributed by atoms with Crippen molar-refractivity contribution in [1.82, 2.24) is 4.90 Å². The Bertz CT molecular complexity index is 804. The number of piperidine rings is 1. The van der Waals surface area contributed by atoms with Gasteiger partial charge in [-0.25, -0.2) is 0 Å². The third-order valence-corrected chi connectivity index (χ3v) is 6.12. The van der Waals surface area contributed by atoms with Gasteiger partial charge < -0.3 is 14.5 Å². The van der Waals surface area contributed by atoms with Crippen molar-refractivity contribution in [2.75, 3.05) is 31.1 Å². The summed E-state index contributed by atoms with van der Waals surface area (Å²) in [6.45, 7) is 4.10. The number of carbonyl (C=O) groups is 2. The molecule has 2 atom stereocenters. The van der Waals surface area contributed by atoms with Gasteiger partial charge in [-0.3, -0.25) is 9.59 Å². The number of aryl methyl sites for hydroxylation is 1. The maximum absolute atomic E-state index is 13.1. The first kappa shape index (κ1) is 17.2. The number of hydrogen-bond donors (Lipinski definition) is 0. The van der Waals surface area contributed by atoms with Crippen LogP contribution in [0.4, 0.5) is 5.69 Å². The smallest absolute Gasteiger partial charge is 0.264 e. The van der Waals surface area contributed by atoms with E-state index in [9.17, 15) is 9.59 Å². The Labute approximate surface area is 157 Å². The van der Waals surface area contributed by atoms with Crippen molar-refractivity contribution >= 4 is 28.8 Å². The van der Waals surface area contributed by atoms with E-state index in [0.717, 1.165) is 16.1 Å². The second-order valence-electron chi connectivity index (χ2n) is 6.87. The van der Waals surface area contributed by atoms with Gasteiger partial charge in [-0.2, -0.15) is 0 Å². The molecule has 2 aliphatic heterocycles. The van der Waals surface area contributed by atoms with Crippen LogP contribution < -0.4 is 4.90 Å². The van der Waals surface area contributed by atoms with E-state index < -0.39 is 0 Å². The maximum atomic E-state index is 13.1. The third-order valence-electron chi connectivity index (χ3n) is 5.09. The minimum absolute atomic E-state index is 0.0433. The standard InChI is InChI=1S/C20H22N2O3S/c1-14-11-18(26-13-14)20(24)21-8-7-16-17(12-21)25-10-9-22(19(16)23)15-5-3-2-4-6-15/h2-6,11,13,16-17H,7-10,12H2,1H3/t16-,17+/m1/s1. The van der Waals surface area contributed by atoms with Gasteiger partial charge in [0.2, 0.25) is 5.91 Å². The SMILES string of the molecule is Cc1csc(C(=O)N2CC[C@H]3C(=O)N(c4ccccc4)CCO[C@H]3C2)c1. The lowest BCUT2D eigenvalue weighted by Gasteiger charge is -2.37. The lowest BCUT2D eigenvalue weighted by Crippen LogP contribution is -2.51. The molecule has 5 nitrogen and oxygen atoms in total. The highest BCUT2D eigenvalue weighted by Crippen LogP contribution is 2.29. The highest BCUT2D eigenvalue weighted by Gasteiger charge is 2.41. The number of benzene rings is 1. The summed E-state index contributed by atoms with van der Waals surface area (Å²) in [5, 5.41) is 1.99. The van der Waals surface area contributed by atoms with Gasteiger partial charge in [0, 0.05) is 25.3 Å². The fraction of sp³-hybridized carbons (Fsp3) is 0.400. The molecule has 0 saturated carbocycles. The minimum atomic E-state index is -0.227. The first-order valence-corrected chi connectivity index (χ1v) is 9.84. The van der Waals surface area contributed by atoms with Gasteiger partial charge in [-0.15, -0.1) is 11.3 Å². The van der Waals surface area contributed by atoms with Gasteiger partial charge in [0.1, 0.15) is 0 Å². The molecule has 26 heavy (non-hydrogen) atoms. The number of para-hydroxylation sites is 1. The van der Waals surface area contributed by atoms with Crippen LogP contribution in [0.5, 0.6) is 0 Å². The summed E-state index contributed by atoms with van der Waals surface area (Å²) in [4.78, 5) is 30.2. The average molecular weight is 370 g/mol. The van der Waals surface area contributed by atoms with Gasteiger partial charge >= 0.3 is 0 Å². The molecule has 0 spiro atoms. The Morgan fingerprint density at radius 3 is 2.77 bits per heavy atom. The molecule has 0 unspecified atom stereocenters. The normalized spacial score (nSPS) is 23.5. The number of amides is 2. The van der Waals surface area contributed by atoms with E-state index in [1.54, 1.807) is 0 Å². The molecule has 0 bridgehead atoms. The number of thiophene rings is 1. The molecule has 136 valence electrons. The summed E-state index contributed by atoms with van der Waals surface area (Å²) in [6.07, 6.45) is 0.415. The van der Waals surface area contributed by atoms with E-state index in [0.29, 0.717) is 32.7 Å². The zero-order valence-corrected chi connectivity index (χ0v) is 15.6. The molecule has 2 aromatic rings. The van der Waals surface area contributed by atoms with Gasteiger partial charge in [0.05, 0.1) is 23.5 Å². The first-order valence-electron chi connectivity index (χ1n) is 8.96. The van der Waals surface area contributed by atoms with Crippen molar-refractivity contribution in [3.8, 4) is 0 Å². The fourth-order valence-corrected chi connectivity index (χ4v) is 4.59. The average Bonchev–Trinajstić information content (AvgIpc) is 3.03. The van der Waals surface area contributed by atoms with Crippen molar-refractivity contribution in [2.45, 2.75) is 19.4 Å². The lowest BCUT2D eigenvalue weighted by atomic mass is 9.92. The van der Waals surface area contributed by atoms with Crippen molar-refractivity contribution in [3.63, 3.8) is 0 Å². The largest absolute Gasteiger partial charge is 0.374 e. The summed E-state index contributed by atoms with van der Waals surface area (Å²) >= 11 is 1.48. The molecule has 2 amide bonds. The van der Waals surface area contributed by atoms with E-state index >= 15 is 0 Å². The van der Waals surface area contributed by atoms with Crippen LogP contribution in [0.15, 0.2) is 41.8 Å². The maximum Gasteiger partial charge on any atom is 0.264 e. The summed E-state index contributed by atoms with van der Waals surface area (Å²) in [5.74, 6) is -0.0358. The van der Waals surface area contributed by atoms with Crippen molar-refractivity contribution in [2.24, 2.45) is 5.92 Å².